The van der Waals surface area contributed by atoms with Crippen LogP contribution < -0.4 is 0 Å². The largest absolute Gasteiger partial charge is 0.508 e. The highest BCUT2D eigenvalue weighted by Gasteiger charge is 2.19. The van der Waals surface area contributed by atoms with Gasteiger partial charge in [0, 0.05) is 6.54 Å². The van der Waals surface area contributed by atoms with Gasteiger partial charge in [-0.1, -0.05) is 42.5 Å². The second-order valence-corrected chi connectivity index (χ2v) is 6.67. The van der Waals surface area contributed by atoms with Gasteiger partial charge in [0.2, 0.25) is 0 Å². The molecule has 0 aliphatic carbocycles. The lowest BCUT2D eigenvalue weighted by atomic mass is 9.89. The minimum absolute atomic E-state index is 0.350. The van der Waals surface area contributed by atoms with Crippen LogP contribution in [0.1, 0.15) is 38.7 Å². The second kappa shape index (κ2) is 10.1. The zero-order valence-corrected chi connectivity index (χ0v) is 15.1. The first kappa shape index (κ1) is 18.5. The smallest absolute Gasteiger partial charge is 0.115 e. The maximum Gasteiger partial charge on any atom is 0.115 e. The van der Waals surface area contributed by atoms with Crippen LogP contribution in [0.25, 0.3) is 0 Å². The van der Waals surface area contributed by atoms with Gasteiger partial charge in [0.05, 0.1) is 0 Å². The molecule has 0 saturated carbocycles. The van der Waals surface area contributed by atoms with Gasteiger partial charge in [-0.3, -0.25) is 0 Å². The van der Waals surface area contributed by atoms with Crippen molar-refractivity contribution in [2.45, 2.75) is 39.5 Å². The summed E-state index contributed by atoms with van der Waals surface area (Å²) < 4.78 is 0. The van der Waals surface area contributed by atoms with Crippen molar-refractivity contribution in [3.63, 3.8) is 0 Å². The molecule has 2 heteroatoms. The van der Waals surface area contributed by atoms with Gasteiger partial charge in [-0.15, -0.1) is 0 Å². The van der Waals surface area contributed by atoms with Crippen molar-refractivity contribution in [1.82, 2.24) is 4.90 Å². The number of hydrogen-bond donors (Lipinski definition) is 1. The van der Waals surface area contributed by atoms with E-state index in [9.17, 15) is 5.11 Å². The molecule has 1 fully saturated rings. The van der Waals surface area contributed by atoms with E-state index < -0.39 is 0 Å². The highest BCUT2D eigenvalue weighted by Crippen LogP contribution is 2.25. The zero-order valence-electron chi connectivity index (χ0n) is 15.1. The quantitative estimate of drug-likeness (QED) is 0.704. The fraction of sp³-hybridized carbons (Fsp3) is 0.455. The average Bonchev–Trinajstić information content (AvgIpc) is 2.60. The Labute approximate surface area is 147 Å². The van der Waals surface area contributed by atoms with Gasteiger partial charge < -0.3 is 10.0 Å². The van der Waals surface area contributed by atoms with Crippen molar-refractivity contribution in [2.75, 3.05) is 19.6 Å². The molecule has 1 heterocycles. The maximum atomic E-state index is 9.34. The van der Waals surface area contributed by atoms with Crippen LogP contribution in [0, 0.1) is 5.92 Å². The van der Waals surface area contributed by atoms with Crippen LogP contribution in [0.15, 0.2) is 60.2 Å². The van der Waals surface area contributed by atoms with E-state index in [1.165, 1.54) is 43.5 Å². The SMILES string of the molecule is C\C=C/C=C(\C=C/C)CC1CCN(CCc2ccc(O)cc2)CC1. The summed E-state index contributed by atoms with van der Waals surface area (Å²) >= 11 is 0. The molecule has 2 nitrogen and oxygen atoms in total. The summed E-state index contributed by atoms with van der Waals surface area (Å²) in [5.41, 5.74) is 2.75. The Morgan fingerprint density at radius 2 is 1.83 bits per heavy atom. The van der Waals surface area contributed by atoms with E-state index in [-0.39, 0.29) is 0 Å². The van der Waals surface area contributed by atoms with Crippen molar-refractivity contribution < 1.29 is 5.11 Å². The summed E-state index contributed by atoms with van der Waals surface area (Å²) in [6, 6.07) is 7.61. The number of aromatic hydroxyl groups is 1. The molecular formula is C22H31NO. The summed E-state index contributed by atoms with van der Waals surface area (Å²) in [6.45, 7) is 7.68. The fourth-order valence-electron chi connectivity index (χ4n) is 3.32. The molecule has 1 aromatic rings. The van der Waals surface area contributed by atoms with Crippen molar-refractivity contribution in [1.29, 1.82) is 0 Å². The fourth-order valence-corrected chi connectivity index (χ4v) is 3.32. The first-order valence-corrected chi connectivity index (χ1v) is 9.16. The highest BCUT2D eigenvalue weighted by molar-refractivity contribution is 5.26. The summed E-state index contributed by atoms with van der Waals surface area (Å²) in [6.07, 6.45) is 15.7. The number of likely N-dealkylation sites (tertiary alicyclic amines) is 1. The topological polar surface area (TPSA) is 23.5 Å². The number of nitrogens with zero attached hydrogens (tertiary/aromatic N) is 1. The number of benzene rings is 1. The Balaban J connectivity index is 1.75. The summed E-state index contributed by atoms with van der Waals surface area (Å²) in [4.78, 5) is 2.58. The van der Waals surface area contributed by atoms with Gasteiger partial charge in [0.15, 0.2) is 0 Å². The molecule has 1 saturated heterocycles. The molecular weight excluding hydrogens is 294 g/mol. The molecule has 0 aromatic heterocycles. The van der Waals surface area contributed by atoms with Crippen LogP contribution in [0.2, 0.25) is 0 Å². The zero-order chi connectivity index (χ0) is 17.2. The van der Waals surface area contributed by atoms with Gasteiger partial charge in [0.25, 0.3) is 0 Å². The third kappa shape index (κ3) is 6.37. The van der Waals surface area contributed by atoms with Crippen molar-refractivity contribution >= 4 is 0 Å². The highest BCUT2D eigenvalue weighted by atomic mass is 16.3. The molecule has 1 aliphatic rings. The Morgan fingerprint density at radius 3 is 2.46 bits per heavy atom. The third-order valence-electron chi connectivity index (χ3n) is 4.77. The van der Waals surface area contributed by atoms with Gasteiger partial charge in [-0.05, 0) is 81.8 Å². The van der Waals surface area contributed by atoms with Crippen LogP contribution >= 0.6 is 0 Å². The van der Waals surface area contributed by atoms with E-state index in [1.54, 1.807) is 12.1 Å². The molecule has 24 heavy (non-hydrogen) atoms. The van der Waals surface area contributed by atoms with Gasteiger partial charge >= 0.3 is 0 Å². The lowest BCUT2D eigenvalue weighted by Gasteiger charge is -2.32. The molecule has 1 N–H and O–H groups in total. The second-order valence-electron chi connectivity index (χ2n) is 6.67. The molecule has 0 bridgehead atoms. The number of piperidine rings is 1. The number of rotatable bonds is 7. The summed E-state index contributed by atoms with van der Waals surface area (Å²) in [7, 11) is 0. The maximum absolute atomic E-state index is 9.34. The van der Waals surface area contributed by atoms with Crippen molar-refractivity contribution in [3.8, 4) is 5.75 Å². The van der Waals surface area contributed by atoms with Crippen LogP contribution in [-0.4, -0.2) is 29.6 Å². The minimum Gasteiger partial charge on any atom is -0.508 e. The predicted molar refractivity (Wildman–Crippen MR) is 103 cm³/mol. The first-order chi connectivity index (χ1) is 11.7. The average molecular weight is 325 g/mol. The standard InChI is InChI=1S/C22H31NO/c1-3-5-7-20(6-4-2)18-21-13-16-23(17-14-21)15-12-19-8-10-22(24)11-9-19/h3-11,21,24H,12-18H2,1-2H3/b5-3-,6-4-,20-7+. The predicted octanol–water partition coefficient (Wildman–Crippen LogP) is 5.12. The van der Waals surface area contributed by atoms with E-state index in [4.69, 9.17) is 0 Å². The van der Waals surface area contributed by atoms with E-state index >= 15 is 0 Å². The number of hydrogen-bond acceptors (Lipinski definition) is 2. The summed E-state index contributed by atoms with van der Waals surface area (Å²) in [5.74, 6) is 1.16. The van der Waals surface area contributed by atoms with Crippen LogP contribution in [-0.2, 0) is 6.42 Å². The lowest BCUT2D eigenvalue weighted by Crippen LogP contribution is -2.35. The molecule has 0 radical (unpaired) electrons. The molecule has 0 atom stereocenters. The minimum atomic E-state index is 0.350. The van der Waals surface area contributed by atoms with Gasteiger partial charge in [0.1, 0.15) is 5.75 Å². The monoisotopic (exact) mass is 325 g/mol. The van der Waals surface area contributed by atoms with Gasteiger partial charge in [-0.2, -0.15) is 0 Å². The Bertz CT molecular complexity index is 560. The Kier molecular flexibility index (Phi) is 7.84. The molecule has 1 aromatic carbocycles. The molecule has 0 spiro atoms. The molecule has 2 rings (SSSR count). The molecule has 130 valence electrons. The summed E-state index contributed by atoms with van der Waals surface area (Å²) in [5, 5.41) is 9.34. The molecule has 1 aliphatic heterocycles. The van der Waals surface area contributed by atoms with Crippen LogP contribution in [0.3, 0.4) is 0 Å². The van der Waals surface area contributed by atoms with E-state index in [2.05, 4.69) is 49.1 Å². The third-order valence-corrected chi connectivity index (χ3v) is 4.77. The molecule has 0 amide bonds. The van der Waals surface area contributed by atoms with Gasteiger partial charge in [-0.25, -0.2) is 0 Å². The number of phenols is 1. The van der Waals surface area contributed by atoms with E-state index in [0.717, 1.165) is 18.9 Å². The normalized spacial score (nSPS) is 18.0. The number of allylic oxidation sites excluding steroid dienone is 6. The Morgan fingerprint density at radius 1 is 1.12 bits per heavy atom. The van der Waals surface area contributed by atoms with E-state index in [1.807, 2.05) is 12.1 Å². The van der Waals surface area contributed by atoms with Crippen molar-refractivity contribution in [2.24, 2.45) is 5.92 Å². The molecule has 0 unspecified atom stereocenters. The van der Waals surface area contributed by atoms with Crippen LogP contribution in [0.5, 0.6) is 5.75 Å². The lowest BCUT2D eigenvalue weighted by molar-refractivity contribution is 0.186. The van der Waals surface area contributed by atoms with Crippen molar-refractivity contribution in [3.05, 3.63) is 65.8 Å². The Hall–Kier alpha value is -1.80. The number of phenolic OH excluding ortho intramolecular Hbond substituents is 1. The van der Waals surface area contributed by atoms with Crippen LogP contribution in [0.4, 0.5) is 0 Å². The van der Waals surface area contributed by atoms with E-state index in [0.29, 0.717) is 5.75 Å². The first-order valence-electron chi connectivity index (χ1n) is 9.16.